The number of ether oxygens (including phenoxy) is 1. The van der Waals surface area contributed by atoms with Crippen LogP contribution in [-0.2, 0) is 21.4 Å². The number of rotatable bonds is 11. The third-order valence-corrected chi connectivity index (χ3v) is 11.5. The van der Waals surface area contributed by atoms with Crippen LogP contribution in [0.1, 0.15) is 50.8 Å². The maximum Gasteiger partial charge on any atom is 0.294 e. The molecule has 304 valence electrons. The summed E-state index contributed by atoms with van der Waals surface area (Å²) in [5.74, 6) is 0.287. The van der Waals surface area contributed by atoms with Gasteiger partial charge in [-0.3, -0.25) is 38.6 Å². The van der Waals surface area contributed by atoms with Crippen molar-refractivity contribution in [1.29, 1.82) is 0 Å². The maximum absolute atomic E-state index is 13.2. The monoisotopic (exact) mass is 810 g/mol. The van der Waals surface area contributed by atoms with E-state index in [0.717, 1.165) is 74.5 Å². The van der Waals surface area contributed by atoms with E-state index in [0.29, 0.717) is 52.3 Å². The number of anilines is 4. The van der Waals surface area contributed by atoms with Crippen LogP contribution >= 0.6 is 11.6 Å². The van der Waals surface area contributed by atoms with Crippen molar-refractivity contribution in [3.8, 4) is 5.75 Å². The lowest BCUT2D eigenvalue weighted by molar-refractivity contribution is -0.134. The van der Waals surface area contributed by atoms with E-state index in [9.17, 15) is 19.2 Å². The second kappa shape index (κ2) is 16.2. The minimum Gasteiger partial charge on any atom is -0.478 e. The minimum atomic E-state index is -0.423. The number of aryl methyl sites for hydroxylation is 1. The Balaban J connectivity index is 0.886. The van der Waals surface area contributed by atoms with Crippen molar-refractivity contribution in [3.63, 3.8) is 0 Å². The molecule has 3 N–H and O–H groups in total. The van der Waals surface area contributed by atoms with Gasteiger partial charge in [-0.05, 0) is 62.9 Å². The number of carbonyl (C=O) groups is 3. The predicted octanol–water partition coefficient (Wildman–Crippen LogP) is 3.34. The zero-order chi connectivity index (χ0) is 40.7. The summed E-state index contributed by atoms with van der Waals surface area (Å²) in [7, 11) is 3.41. The summed E-state index contributed by atoms with van der Waals surface area (Å²) in [5.41, 5.74) is 3.57. The molecule has 3 aliphatic heterocycles. The smallest absolute Gasteiger partial charge is 0.294 e. The van der Waals surface area contributed by atoms with Gasteiger partial charge in [0.1, 0.15) is 10.7 Å². The number of hydrogen-bond donors (Lipinski definition) is 3. The molecule has 5 aromatic rings. The van der Waals surface area contributed by atoms with Gasteiger partial charge < -0.3 is 25.2 Å². The molecule has 1 unspecified atom stereocenters. The van der Waals surface area contributed by atoms with Crippen molar-refractivity contribution < 1.29 is 19.1 Å². The molecule has 0 spiro atoms. The average molecular weight is 811 g/mol. The third kappa shape index (κ3) is 7.87. The fourth-order valence-electron chi connectivity index (χ4n) is 8.20. The maximum atomic E-state index is 13.2. The first kappa shape index (κ1) is 39.0. The number of carbonyl (C=O) groups excluding carboxylic acids is 3. The number of hydrogen-bond acceptors (Lipinski definition) is 13. The molecule has 18 heteroatoms. The lowest BCUT2D eigenvalue weighted by Gasteiger charge is -2.37. The topological polar surface area (TPSA) is 185 Å². The van der Waals surface area contributed by atoms with Gasteiger partial charge in [-0.15, -0.1) is 0 Å². The molecule has 4 aromatic heterocycles. The van der Waals surface area contributed by atoms with Gasteiger partial charge in [0.2, 0.25) is 17.8 Å². The van der Waals surface area contributed by atoms with Gasteiger partial charge in [0.25, 0.3) is 11.5 Å². The third-order valence-electron chi connectivity index (χ3n) is 11.2. The average Bonchev–Trinajstić information content (AvgIpc) is 3.81. The molecular weight excluding hydrogens is 764 g/mol. The number of aromatic nitrogens is 6. The second-order valence-electron chi connectivity index (χ2n) is 15.5. The highest BCUT2D eigenvalue weighted by Crippen LogP contribution is 2.33. The molecule has 3 aliphatic rings. The molecule has 17 nitrogen and oxygen atoms in total. The number of nitrogens with one attached hydrogen (secondary N) is 3. The number of piperazine rings is 1. The number of fused-ring (bicyclic) bond motifs is 2. The van der Waals surface area contributed by atoms with Crippen molar-refractivity contribution in [1.82, 2.24) is 44.8 Å². The Morgan fingerprint density at radius 2 is 1.83 bits per heavy atom. The van der Waals surface area contributed by atoms with Gasteiger partial charge in [-0.2, -0.15) is 10.1 Å². The van der Waals surface area contributed by atoms with Crippen LogP contribution in [0.2, 0.25) is 5.02 Å². The largest absolute Gasteiger partial charge is 0.478 e. The summed E-state index contributed by atoms with van der Waals surface area (Å²) in [5, 5.41) is 14.9. The van der Waals surface area contributed by atoms with Gasteiger partial charge in [-0.1, -0.05) is 11.6 Å². The van der Waals surface area contributed by atoms with E-state index in [2.05, 4.69) is 58.8 Å². The molecule has 0 saturated carbocycles. The van der Waals surface area contributed by atoms with E-state index in [-0.39, 0.29) is 41.7 Å². The van der Waals surface area contributed by atoms with Crippen molar-refractivity contribution >= 4 is 74.4 Å². The molecule has 7 heterocycles. The van der Waals surface area contributed by atoms with Gasteiger partial charge in [0, 0.05) is 88.8 Å². The first-order chi connectivity index (χ1) is 27.9. The summed E-state index contributed by atoms with van der Waals surface area (Å²) < 4.78 is 8.97. The lowest BCUT2D eigenvalue weighted by atomic mass is 9.93. The fourth-order valence-corrected chi connectivity index (χ4v) is 8.34. The summed E-state index contributed by atoms with van der Waals surface area (Å²) in [4.78, 5) is 70.4. The Bertz CT molecular complexity index is 2460. The zero-order valence-electron chi connectivity index (χ0n) is 33.0. The van der Waals surface area contributed by atoms with Crippen LogP contribution in [-0.4, -0.2) is 111 Å². The van der Waals surface area contributed by atoms with Gasteiger partial charge >= 0.3 is 0 Å². The van der Waals surface area contributed by atoms with Gasteiger partial charge in [0.15, 0.2) is 18.2 Å². The standard InChI is InChI=1S/C40H47ClN12O5/c1-23(2)53-37-25(16-32(39(53)57)58-22-34(55)42-3)15-26(18-43-37)45-36-30(41)19-44-40(47-36)52-10-9-24(21-52)20-50-11-13-51(14-12-50)27-5-6-28-31(17-27)49(4)48-35(28)29-7-8-33(54)46-38(29)56/h5-6,15-19,23-24,29H,7-14,20-22H2,1-4H3,(H,42,55)(H,44,45,47)(H,46,54,56)/t24-,29?/m0/s1. The second-order valence-corrected chi connectivity index (χ2v) is 15.9. The molecule has 58 heavy (non-hydrogen) atoms. The molecule has 1 aromatic carbocycles. The fraction of sp³-hybridized carbons (Fsp3) is 0.450. The molecule has 0 aliphatic carbocycles. The number of amides is 3. The quantitative estimate of drug-likeness (QED) is 0.165. The molecule has 0 radical (unpaired) electrons. The van der Waals surface area contributed by atoms with E-state index in [1.165, 1.54) is 7.05 Å². The molecule has 2 atom stereocenters. The predicted molar refractivity (Wildman–Crippen MR) is 221 cm³/mol. The Morgan fingerprint density at radius 3 is 2.59 bits per heavy atom. The van der Waals surface area contributed by atoms with Crippen LogP contribution in [0.4, 0.5) is 23.1 Å². The van der Waals surface area contributed by atoms with Crippen molar-refractivity contribution in [2.45, 2.75) is 45.1 Å². The van der Waals surface area contributed by atoms with Crippen LogP contribution in [0.3, 0.4) is 0 Å². The summed E-state index contributed by atoms with van der Waals surface area (Å²) in [6.45, 7) is 9.84. The Hall–Kier alpha value is -5.81. The Morgan fingerprint density at radius 1 is 1.02 bits per heavy atom. The van der Waals surface area contributed by atoms with Crippen LogP contribution < -0.4 is 36.0 Å². The first-order valence-electron chi connectivity index (χ1n) is 19.7. The van der Waals surface area contributed by atoms with Crippen molar-refractivity contribution in [3.05, 3.63) is 63.8 Å². The molecule has 8 rings (SSSR count). The van der Waals surface area contributed by atoms with Crippen molar-refractivity contribution in [2.75, 3.05) is 74.6 Å². The van der Waals surface area contributed by atoms with E-state index in [1.54, 1.807) is 23.0 Å². The van der Waals surface area contributed by atoms with E-state index < -0.39 is 5.92 Å². The molecule has 3 amide bonds. The highest BCUT2D eigenvalue weighted by atomic mass is 35.5. The highest BCUT2D eigenvalue weighted by molar-refractivity contribution is 6.33. The van der Waals surface area contributed by atoms with Crippen LogP contribution in [0.15, 0.2) is 47.5 Å². The number of likely N-dealkylation sites (N-methyl/N-ethyl adjacent to an activating group) is 1. The number of pyridine rings is 2. The zero-order valence-corrected chi connectivity index (χ0v) is 33.8. The summed E-state index contributed by atoms with van der Waals surface area (Å²) in [6, 6.07) is 9.57. The number of nitrogens with zero attached hydrogens (tertiary/aromatic N) is 9. The van der Waals surface area contributed by atoms with Crippen LogP contribution in [0.25, 0.3) is 21.9 Å². The number of halogens is 1. The summed E-state index contributed by atoms with van der Waals surface area (Å²) >= 11 is 6.59. The summed E-state index contributed by atoms with van der Waals surface area (Å²) in [6.07, 6.45) is 5.06. The van der Waals surface area contributed by atoms with E-state index in [4.69, 9.17) is 26.4 Å². The number of imide groups is 1. The Labute approximate surface area is 339 Å². The minimum absolute atomic E-state index is 0.0580. The molecular formula is C40H47ClN12O5. The molecule has 3 saturated heterocycles. The molecule has 0 bridgehead atoms. The highest BCUT2D eigenvalue weighted by Gasteiger charge is 2.32. The van der Waals surface area contributed by atoms with Crippen LogP contribution in [0, 0.1) is 5.92 Å². The first-order valence-corrected chi connectivity index (χ1v) is 20.0. The van der Waals surface area contributed by atoms with E-state index in [1.807, 2.05) is 31.6 Å². The normalized spacial score (nSPS) is 19.0. The number of piperidine rings is 1. The van der Waals surface area contributed by atoms with Crippen LogP contribution in [0.5, 0.6) is 5.75 Å². The molecule has 3 fully saturated rings. The van der Waals surface area contributed by atoms with Crippen molar-refractivity contribution in [2.24, 2.45) is 13.0 Å². The van der Waals surface area contributed by atoms with E-state index >= 15 is 0 Å². The van der Waals surface area contributed by atoms with Gasteiger partial charge in [-0.25, -0.2) is 9.97 Å². The Kier molecular flexibility index (Phi) is 10.9. The van der Waals surface area contributed by atoms with Gasteiger partial charge in [0.05, 0.1) is 35.2 Å². The SMILES string of the molecule is CNC(=O)COc1cc2cc(Nc3nc(N4CC[C@@H](CN5CCN(c6ccc7c(C8CCC(=O)NC8=O)nn(C)c7c6)CC5)C4)ncc3Cl)cnc2n(C(C)C)c1=O. The number of benzene rings is 1. The lowest BCUT2D eigenvalue weighted by Crippen LogP contribution is -2.48.